The van der Waals surface area contributed by atoms with Crippen molar-refractivity contribution in [1.82, 2.24) is 10.2 Å². The molecule has 0 rings (SSSR count). The third-order valence-electron chi connectivity index (χ3n) is 2.85. The maximum Gasteiger partial charge on any atom is 0.0585 e. The van der Waals surface area contributed by atoms with E-state index in [1.54, 1.807) is 0 Å². The number of rotatable bonds is 10. The Morgan fingerprint density at radius 2 is 1.81 bits per heavy atom. The summed E-state index contributed by atoms with van der Waals surface area (Å²) in [5.74, 6) is 0.773. The summed E-state index contributed by atoms with van der Waals surface area (Å²) < 4.78 is 0. The van der Waals surface area contributed by atoms with Crippen LogP contribution in [0.4, 0.5) is 0 Å². The van der Waals surface area contributed by atoms with E-state index >= 15 is 0 Å². The summed E-state index contributed by atoms with van der Waals surface area (Å²) in [5, 5.41) is 12.6. The van der Waals surface area contributed by atoms with Gasteiger partial charge in [0.2, 0.25) is 0 Å². The predicted molar refractivity (Wildman–Crippen MR) is 70.7 cm³/mol. The molecule has 1 unspecified atom stereocenters. The van der Waals surface area contributed by atoms with E-state index < -0.39 is 0 Å². The average Bonchev–Trinajstić information content (AvgIpc) is 2.26. The maximum absolute atomic E-state index is 9.20. The van der Waals surface area contributed by atoms with E-state index in [-0.39, 0.29) is 12.6 Å². The third kappa shape index (κ3) is 9.13. The Morgan fingerprint density at radius 1 is 1.19 bits per heavy atom. The first-order valence-corrected chi connectivity index (χ1v) is 6.62. The maximum atomic E-state index is 9.20. The summed E-state index contributed by atoms with van der Waals surface area (Å²) in [4.78, 5) is 2.36. The molecule has 0 fully saturated rings. The van der Waals surface area contributed by atoms with Gasteiger partial charge < -0.3 is 15.3 Å². The molecule has 0 aromatic heterocycles. The van der Waals surface area contributed by atoms with Gasteiger partial charge in [-0.15, -0.1) is 0 Å². The monoisotopic (exact) mass is 230 g/mol. The lowest BCUT2D eigenvalue weighted by Gasteiger charge is -2.21. The number of hydrogen-bond acceptors (Lipinski definition) is 3. The van der Waals surface area contributed by atoms with Crippen LogP contribution in [0, 0.1) is 5.92 Å². The topological polar surface area (TPSA) is 35.5 Å². The zero-order valence-electron chi connectivity index (χ0n) is 11.5. The van der Waals surface area contributed by atoms with Gasteiger partial charge in [0.25, 0.3) is 0 Å². The molecule has 1 atom stereocenters. The average molecular weight is 230 g/mol. The molecular weight excluding hydrogens is 200 g/mol. The van der Waals surface area contributed by atoms with Crippen molar-refractivity contribution in [3.63, 3.8) is 0 Å². The number of hydrogen-bond donors (Lipinski definition) is 2. The Kier molecular flexibility index (Phi) is 9.99. The lowest BCUT2D eigenvalue weighted by atomic mass is 10.1. The smallest absolute Gasteiger partial charge is 0.0585 e. The lowest BCUT2D eigenvalue weighted by molar-refractivity contribution is 0.215. The molecule has 0 heterocycles. The molecule has 0 spiro atoms. The van der Waals surface area contributed by atoms with Crippen molar-refractivity contribution in [3.8, 4) is 0 Å². The Hall–Kier alpha value is -0.120. The van der Waals surface area contributed by atoms with Crippen LogP contribution < -0.4 is 5.32 Å². The van der Waals surface area contributed by atoms with E-state index in [1.165, 1.54) is 6.42 Å². The summed E-state index contributed by atoms with van der Waals surface area (Å²) in [6.45, 7) is 10.1. The first-order chi connectivity index (χ1) is 7.60. The molecule has 0 aliphatic heterocycles. The Morgan fingerprint density at radius 3 is 2.31 bits per heavy atom. The molecule has 0 aromatic carbocycles. The molecular formula is C13H30N2O. The molecule has 0 aromatic rings. The van der Waals surface area contributed by atoms with Gasteiger partial charge in [0.05, 0.1) is 6.61 Å². The van der Waals surface area contributed by atoms with Crippen LogP contribution in [0.2, 0.25) is 0 Å². The van der Waals surface area contributed by atoms with Crippen LogP contribution in [0.15, 0.2) is 0 Å². The number of aliphatic hydroxyl groups is 1. The molecule has 0 aliphatic carbocycles. The molecule has 3 heteroatoms. The predicted octanol–water partition coefficient (Wildman–Crippen LogP) is 1.71. The van der Waals surface area contributed by atoms with Gasteiger partial charge in [-0.25, -0.2) is 0 Å². The van der Waals surface area contributed by atoms with Crippen LogP contribution >= 0.6 is 0 Å². The van der Waals surface area contributed by atoms with Gasteiger partial charge >= 0.3 is 0 Å². The van der Waals surface area contributed by atoms with E-state index in [1.807, 2.05) is 0 Å². The van der Waals surface area contributed by atoms with E-state index in [4.69, 9.17) is 0 Å². The van der Waals surface area contributed by atoms with Crippen molar-refractivity contribution in [3.05, 3.63) is 0 Å². The number of aliphatic hydroxyl groups excluding tert-OH is 1. The second-order valence-corrected chi connectivity index (χ2v) is 5.11. The summed E-state index contributed by atoms with van der Waals surface area (Å²) in [6.07, 6.45) is 3.41. The van der Waals surface area contributed by atoms with Gasteiger partial charge in [-0.2, -0.15) is 0 Å². The fourth-order valence-corrected chi connectivity index (χ4v) is 1.57. The normalized spacial score (nSPS) is 13.7. The largest absolute Gasteiger partial charge is 0.395 e. The van der Waals surface area contributed by atoms with Crippen molar-refractivity contribution in [1.29, 1.82) is 0 Å². The second-order valence-electron chi connectivity index (χ2n) is 5.11. The third-order valence-corrected chi connectivity index (χ3v) is 2.85. The van der Waals surface area contributed by atoms with Crippen LogP contribution in [0.3, 0.4) is 0 Å². The van der Waals surface area contributed by atoms with Gasteiger partial charge in [-0.05, 0) is 51.9 Å². The zero-order valence-corrected chi connectivity index (χ0v) is 11.5. The Labute approximate surface area is 101 Å². The molecule has 0 radical (unpaired) electrons. The van der Waals surface area contributed by atoms with E-state index in [0.717, 1.165) is 38.4 Å². The van der Waals surface area contributed by atoms with Gasteiger partial charge in [-0.1, -0.05) is 20.8 Å². The summed E-state index contributed by atoms with van der Waals surface area (Å²) in [6, 6.07) is 0.265. The minimum Gasteiger partial charge on any atom is -0.395 e. The van der Waals surface area contributed by atoms with Crippen molar-refractivity contribution in [2.45, 2.75) is 46.1 Å². The highest BCUT2D eigenvalue weighted by Gasteiger charge is 2.07. The summed E-state index contributed by atoms with van der Waals surface area (Å²) >= 11 is 0. The SMILES string of the molecule is CCCNC(CO)CCN(C)CCC(C)C. The van der Waals surface area contributed by atoms with Crippen molar-refractivity contribution in [2.24, 2.45) is 5.92 Å². The minimum atomic E-state index is 0.248. The molecule has 0 bridgehead atoms. The Balaban J connectivity index is 3.57. The molecule has 16 heavy (non-hydrogen) atoms. The van der Waals surface area contributed by atoms with Gasteiger partial charge in [0.1, 0.15) is 0 Å². The molecule has 98 valence electrons. The van der Waals surface area contributed by atoms with Crippen molar-refractivity contribution in [2.75, 3.05) is 33.3 Å². The van der Waals surface area contributed by atoms with Crippen molar-refractivity contribution < 1.29 is 5.11 Å². The standard InChI is InChI=1S/C13H30N2O/c1-5-8-14-13(11-16)7-10-15(4)9-6-12(2)3/h12-14,16H,5-11H2,1-4H3. The first kappa shape index (κ1) is 15.9. The highest BCUT2D eigenvalue weighted by Crippen LogP contribution is 2.02. The highest BCUT2D eigenvalue weighted by atomic mass is 16.3. The number of nitrogens with one attached hydrogen (secondary N) is 1. The van der Waals surface area contributed by atoms with Crippen LogP contribution in [-0.4, -0.2) is 49.3 Å². The molecule has 0 saturated heterocycles. The van der Waals surface area contributed by atoms with E-state index in [2.05, 4.69) is 38.0 Å². The quantitative estimate of drug-likeness (QED) is 0.600. The van der Waals surface area contributed by atoms with Crippen LogP contribution in [0.25, 0.3) is 0 Å². The zero-order chi connectivity index (χ0) is 12.4. The summed E-state index contributed by atoms with van der Waals surface area (Å²) in [5.41, 5.74) is 0. The van der Waals surface area contributed by atoms with Gasteiger partial charge in [0.15, 0.2) is 0 Å². The van der Waals surface area contributed by atoms with Crippen LogP contribution in [-0.2, 0) is 0 Å². The lowest BCUT2D eigenvalue weighted by Crippen LogP contribution is -2.36. The molecule has 2 N–H and O–H groups in total. The summed E-state index contributed by atoms with van der Waals surface area (Å²) in [7, 11) is 2.16. The first-order valence-electron chi connectivity index (χ1n) is 6.62. The van der Waals surface area contributed by atoms with Gasteiger partial charge in [0, 0.05) is 6.04 Å². The Bertz CT molecular complexity index is 151. The van der Waals surface area contributed by atoms with Crippen LogP contribution in [0.5, 0.6) is 0 Å². The van der Waals surface area contributed by atoms with Gasteiger partial charge in [-0.3, -0.25) is 0 Å². The second kappa shape index (κ2) is 10.1. The molecule has 0 saturated carbocycles. The minimum absolute atomic E-state index is 0.248. The number of nitrogens with zero attached hydrogens (tertiary/aromatic N) is 1. The van der Waals surface area contributed by atoms with E-state index in [9.17, 15) is 5.11 Å². The molecule has 3 nitrogen and oxygen atoms in total. The van der Waals surface area contributed by atoms with Crippen LogP contribution in [0.1, 0.15) is 40.0 Å². The molecule has 0 aliphatic rings. The van der Waals surface area contributed by atoms with E-state index in [0.29, 0.717) is 0 Å². The molecule has 0 amide bonds. The highest BCUT2D eigenvalue weighted by molar-refractivity contribution is 4.67. The fraction of sp³-hybridized carbons (Fsp3) is 1.00. The fourth-order valence-electron chi connectivity index (χ4n) is 1.57. The van der Waals surface area contributed by atoms with Crippen molar-refractivity contribution >= 4 is 0 Å².